The second-order valence-electron chi connectivity index (χ2n) is 6.97. The Morgan fingerprint density at radius 2 is 1.54 bits per heavy atom. The van der Waals surface area contributed by atoms with Gasteiger partial charge in [0.1, 0.15) is 0 Å². The molecule has 0 saturated carbocycles. The fourth-order valence-electron chi connectivity index (χ4n) is 2.60. The summed E-state index contributed by atoms with van der Waals surface area (Å²) < 4.78 is 31.0. The highest BCUT2D eigenvalue weighted by molar-refractivity contribution is 7.89. The molecule has 0 radical (unpaired) electrons. The number of Topliss-reactive ketones (excluding diaryl/α,β-unsaturated/α-hetero) is 1. The van der Waals surface area contributed by atoms with E-state index in [-0.39, 0.29) is 16.2 Å². The monoisotopic (exact) mass is 403 g/mol. The lowest BCUT2D eigenvalue weighted by atomic mass is 10.0. The normalized spacial score (nSPS) is 12.7. The lowest BCUT2D eigenvalue weighted by Crippen LogP contribution is -2.26. The Balaban J connectivity index is 2.26. The second-order valence-corrected chi connectivity index (χ2v) is 9.13. The number of nitrogens with zero attached hydrogens (tertiary/aromatic N) is 1. The molecule has 0 aliphatic heterocycles. The van der Waals surface area contributed by atoms with Crippen molar-refractivity contribution in [3.8, 4) is 0 Å². The SMILES string of the molecule is Cc1ccc(C(=O)[C@H](C)OC(=O)c2cc(S(=O)(=O)N(C)C)ccc2C)cc1C. The number of ether oxygens (including phenoxy) is 1. The zero-order chi connectivity index (χ0) is 21.2. The standard InChI is InChI=1S/C21H25NO5S/c1-13-7-9-17(11-15(13)3)20(23)16(4)27-21(24)19-12-18(10-8-14(19)2)28(25,26)22(5)6/h7-12,16H,1-6H3/t16-/m0/s1. The van der Waals surface area contributed by atoms with Crippen LogP contribution in [0.3, 0.4) is 0 Å². The van der Waals surface area contributed by atoms with Crippen LogP contribution >= 0.6 is 0 Å². The molecule has 0 unspecified atom stereocenters. The third-order valence-corrected chi connectivity index (χ3v) is 6.46. The van der Waals surface area contributed by atoms with Gasteiger partial charge in [-0.2, -0.15) is 0 Å². The fraction of sp³-hybridized carbons (Fsp3) is 0.333. The van der Waals surface area contributed by atoms with Gasteiger partial charge in [0, 0.05) is 19.7 Å². The molecule has 0 bridgehead atoms. The van der Waals surface area contributed by atoms with Crippen molar-refractivity contribution in [3.63, 3.8) is 0 Å². The molecule has 7 heteroatoms. The van der Waals surface area contributed by atoms with Gasteiger partial charge in [0.25, 0.3) is 0 Å². The summed E-state index contributed by atoms with van der Waals surface area (Å²) >= 11 is 0. The van der Waals surface area contributed by atoms with Crippen LogP contribution in [0.1, 0.15) is 44.3 Å². The number of ketones is 1. The fourth-order valence-corrected chi connectivity index (χ4v) is 3.53. The predicted molar refractivity (Wildman–Crippen MR) is 107 cm³/mol. The Hall–Kier alpha value is -2.51. The molecule has 0 aromatic heterocycles. The van der Waals surface area contributed by atoms with E-state index < -0.39 is 22.1 Å². The van der Waals surface area contributed by atoms with E-state index in [1.165, 1.54) is 33.2 Å². The van der Waals surface area contributed by atoms with Crippen LogP contribution in [-0.2, 0) is 14.8 Å². The molecule has 0 spiro atoms. The lowest BCUT2D eigenvalue weighted by molar-refractivity contribution is 0.0318. The van der Waals surface area contributed by atoms with Gasteiger partial charge in [-0.3, -0.25) is 4.79 Å². The van der Waals surface area contributed by atoms with Crippen molar-refractivity contribution in [2.75, 3.05) is 14.1 Å². The maximum Gasteiger partial charge on any atom is 0.339 e. The summed E-state index contributed by atoms with van der Waals surface area (Å²) in [6.07, 6.45) is -0.997. The van der Waals surface area contributed by atoms with Gasteiger partial charge in [0.15, 0.2) is 6.10 Å². The van der Waals surface area contributed by atoms with Crippen molar-refractivity contribution in [3.05, 3.63) is 64.2 Å². The van der Waals surface area contributed by atoms with Gasteiger partial charge in [-0.1, -0.05) is 18.2 Å². The van der Waals surface area contributed by atoms with E-state index in [1.807, 2.05) is 19.9 Å². The molecule has 1 atom stereocenters. The zero-order valence-electron chi connectivity index (χ0n) is 16.9. The molecule has 0 aliphatic rings. The minimum absolute atomic E-state index is 0.0109. The number of esters is 1. The van der Waals surface area contributed by atoms with E-state index in [0.717, 1.165) is 15.4 Å². The van der Waals surface area contributed by atoms with Gasteiger partial charge in [-0.15, -0.1) is 0 Å². The molecule has 0 saturated heterocycles. The van der Waals surface area contributed by atoms with Crippen molar-refractivity contribution in [2.45, 2.75) is 38.7 Å². The third-order valence-electron chi connectivity index (χ3n) is 4.65. The van der Waals surface area contributed by atoms with Crippen molar-refractivity contribution < 1.29 is 22.7 Å². The molecular weight excluding hydrogens is 378 g/mol. The molecule has 0 aliphatic carbocycles. The number of aryl methyl sites for hydroxylation is 3. The van der Waals surface area contributed by atoms with Crippen LogP contribution in [0.25, 0.3) is 0 Å². The summed E-state index contributed by atoms with van der Waals surface area (Å²) in [5, 5.41) is 0. The molecule has 6 nitrogen and oxygen atoms in total. The second kappa shape index (κ2) is 8.24. The van der Waals surface area contributed by atoms with Crippen LogP contribution < -0.4 is 0 Å². The van der Waals surface area contributed by atoms with E-state index in [2.05, 4.69) is 0 Å². The minimum Gasteiger partial charge on any atom is -0.451 e. The van der Waals surface area contributed by atoms with Crippen molar-refractivity contribution >= 4 is 21.8 Å². The number of hydrogen-bond donors (Lipinski definition) is 0. The van der Waals surface area contributed by atoms with Crippen LogP contribution in [0.5, 0.6) is 0 Å². The predicted octanol–water partition coefficient (Wildman–Crippen LogP) is 3.29. The van der Waals surface area contributed by atoms with Crippen LogP contribution in [0.15, 0.2) is 41.3 Å². The number of carbonyl (C=O) groups excluding carboxylic acids is 2. The Morgan fingerprint density at radius 3 is 2.11 bits per heavy atom. The van der Waals surface area contributed by atoms with E-state index in [4.69, 9.17) is 4.74 Å². The van der Waals surface area contributed by atoms with Crippen LogP contribution in [-0.4, -0.2) is 44.7 Å². The Kier molecular flexibility index (Phi) is 6.41. The van der Waals surface area contributed by atoms with Gasteiger partial charge in [-0.25, -0.2) is 17.5 Å². The van der Waals surface area contributed by atoms with Gasteiger partial charge < -0.3 is 4.74 Å². The largest absolute Gasteiger partial charge is 0.451 e. The molecule has 28 heavy (non-hydrogen) atoms. The number of rotatable bonds is 6. The van der Waals surface area contributed by atoms with Gasteiger partial charge >= 0.3 is 5.97 Å². The Labute approximate surface area is 166 Å². The molecule has 0 N–H and O–H groups in total. The van der Waals surface area contributed by atoms with Crippen LogP contribution in [0, 0.1) is 20.8 Å². The summed E-state index contributed by atoms with van der Waals surface area (Å²) in [4.78, 5) is 25.2. The summed E-state index contributed by atoms with van der Waals surface area (Å²) in [5.41, 5.74) is 3.18. The summed E-state index contributed by atoms with van der Waals surface area (Å²) in [7, 11) is -0.859. The summed E-state index contributed by atoms with van der Waals surface area (Å²) in [6, 6.07) is 9.56. The molecule has 2 rings (SSSR count). The average Bonchev–Trinajstić information content (AvgIpc) is 2.63. The molecule has 150 valence electrons. The van der Waals surface area contributed by atoms with E-state index in [0.29, 0.717) is 11.1 Å². The maximum absolute atomic E-state index is 12.6. The first kappa shape index (κ1) is 21.8. The quantitative estimate of drug-likeness (QED) is 0.546. The van der Waals surface area contributed by atoms with Gasteiger partial charge in [0.2, 0.25) is 15.8 Å². The number of benzene rings is 2. The topological polar surface area (TPSA) is 80.8 Å². The number of carbonyl (C=O) groups is 2. The first-order chi connectivity index (χ1) is 12.9. The smallest absolute Gasteiger partial charge is 0.339 e. The average molecular weight is 404 g/mol. The van der Waals surface area contributed by atoms with Gasteiger partial charge in [-0.05, 0) is 62.6 Å². The molecular formula is C21H25NO5S. The molecule has 2 aromatic carbocycles. The highest BCUT2D eigenvalue weighted by Gasteiger charge is 2.24. The summed E-state index contributed by atoms with van der Waals surface area (Å²) in [6.45, 7) is 7.04. The minimum atomic E-state index is -3.69. The van der Waals surface area contributed by atoms with Crippen molar-refractivity contribution in [1.29, 1.82) is 0 Å². The molecule has 0 heterocycles. The van der Waals surface area contributed by atoms with Gasteiger partial charge in [0.05, 0.1) is 10.5 Å². The molecule has 0 amide bonds. The first-order valence-electron chi connectivity index (χ1n) is 8.80. The first-order valence-corrected chi connectivity index (χ1v) is 10.2. The number of sulfonamides is 1. The van der Waals surface area contributed by atoms with E-state index in [1.54, 1.807) is 25.1 Å². The van der Waals surface area contributed by atoms with Crippen LogP contribution in [0.2, 0.25) is 0 Å². The third kappa shape index (κ3) is 4.48. The molecule has 0 fully saturated rings. The summed E-state index contributed by atoms with van der Waals surface area (Å²) in [5.74, 6) is -1.05. The Morgan fingerprint density at radius 1 is 0.929 bits per heavy atom. The zero-order valence-corrected chi connectivity index (χ0v) is 17.8. The van der Waals surface area contributed by atoms with Crippen molar-refractivity contribution in [1.82, 2.24) is 4.31 Å². The van der Waals surface area contributed by atoms with Crippen LogP contribution in [0.4, 0.5) is 0 Å². The highest BCUT2D eigenvalue weighted by Crippen LogP contribution is 2.20. The molecule has 2 aromatic rings. The van der Waals surface area contributed by atoms with E-state index in [9.17, 15) is 18.0 Å². The number of hydrogen-bond acceptors (Lipinski definition) is 5. The maximum atomic E-state index is 12.6. The van der Waals surface area contributed by atoms with Crippen molar-refractivity contribution in [2.24, 2.45) is 0 Å². The Bertz CT molecular complexity index is 1030. The lowest BCUT2D eigenvalue weighted by Gasteiger charge is -2.16. The van der Waals surface area contributed by atoms with E-state index >= 15 is 0 Å². The highest BCUT2D eigenvalue weighted by atomic mass is 32.2.